The van der Waals surface area contributed by atoms with Gasteiger partial charge in [-0.1, -0.05) is 18.2 Å². The smallest absolute Gasteiger partial charge is 0.224 e. The number of rotatable bonds is 4. The van der Waals surface area contributed by atoms with Gasteiger partial charge in [-0.15, -0.1) is 0 Å². The summed E-state index contributed by atoms with van der Waals surface area (Å²) in [5.74, 6) is -0.0359. The molecule has 0 aliphatic carbocycles. The lowest BCUT2D eigenvalue weighted by Gasteiger charge is -2.06. The number of benzene rings is 1. The van der Waals surface area contributed by atoms with Crippen LogP contribution in [0.15, 0.2) is 48.8 Å². The average Bonchev–Trinajstić information content (AvgIpc) is 2.39. The Bertz CT molecular complexity index is 526. The molecule has 18 heavy (non-hydrogen) atoms. The number of anilines is 2. The van der Waals surface area contributed by atoms with Crippen molar-refractivity contribution >= 4 is 17.3 Å². The maximum Gasteiger partial charge on any atom is 0.224 e. The van der Waals surface area contributed by atoms with Crippen molar-refractivity contribution in [2.45, 2.75) is 12.8 Å². The number of nitrogens with two attached hydrogens (primary N) is 1. The molecule has 4 heteroatoms. The highest BCUT2D eigenvalue weighted by molar-refractivity contribution is 5.90. The van der Waals surface area contributed by atoms with Gasteiger partial charge in [0.25, 0.3) is 0 Å². The minimum Gasteiger partial charge on any atom is -0.399 e. The van der Waals surface area contributed by atoms with Crippen LogP contribution < -0.4 is 11.1 Å². The second-order valence-corrected chi connectivity index (χ2v) is 3.99. The molecule has 0 radical (unpaired) electrons. The lowest BCUT2D eigenvalue weighted by atomic mass is 10.1. The van der Waals surface area contributed by atoms with Crippen molar-refractivity contribution in [1.82, 2.24) is 4.98 Å². The van der Waals surface area contributed by atoms with E-state index in [0.29, 0.717) is 18.5 Å². The first-order valence-electron chi connectivity index (χ1n) is 5.79. The second kappa shape index (κ2) is 5.82. The van der Waals surface area contributed by atoms with Crippen LogP contribution in [0.4, 0.5) is 11.4 Å². The van der Waals surface area contributed by atoms with E-state index in [2.05, 4.69) is 10.3 Å². The van der Waals surface area contributed by atoms with Crippen molar-refractivity contribution in [3.05, 3.63) is 54.4 Å². The van der Waals surface area contributed by atoms with Crippen molar-refractivity contribution in [2.24, 2.45) is 0 Å². The summed E-state index contributed by atoms with van der Waals surface area (Å²) in [5.41, 5.74) is 8.26. The molecule has 0 spiro atoms. The van der Waals surface area contributed by atoms with Gasteiger partial charge in [0.15, 0.2) is 0 Å². The molecule has 1 heterocycles. The highest BCUT2D eigenvalue weighted by Gasteiger charge is 2.04. The van der Waals surface area contributed by atoms with E-state index in [4.69, 9.17) is 5.73 Å². The molecule has 0 saturated heterocycles. The van der Waals surface area contributed by atoms with Crippen LogP contribution in [0.5, 0.6) is 0 Å². The van der Waals surface area contributed by atoms with E-state index in [-0.39, 0.29) is 5.91 Å². The van der Waals surface area contributed by atoms with Crippen LogP contribution in [-0.2, 0) is 11.2 Å². The van der Waals surface area contributed by atoms with Gasteiger partial charge in [-0.2, -0.15) is 0 Å². The Hall–Kier alpha value is -2.36. The van der Waals surface area contributed by atoms with Gasteiger partial charge >= 0.3 is 0 Å². The summed E-state index contributed by atoms with van der Waals surface area (Å²) in [6, 6.07) is 11.2. The number of hydrogen-bond donors (Lipinski definition) is 2. The normalized spacial score (nSPS) is 10.0. The largest absolute Gasteiger partial charge is 0.399 e. The van der Waals surface area contributed by atoms with Crippen molar-refractivity contribution in [3.63, 3.8) is 0 Å². The van der Waals surface area contributed by atoms with Gasteiger partial charge in [0.05, 0.1) is 11.9 Å². The number of carbonyl (C=O) groups is 1. The van der Waals surface area contributed by atoms with Crippen LogP contribution in [-0.4, -0.2) is 10.9 Å². The zero-order chi connectivity index (χ0) is 12.8. The first-order valence-corrected chi connectivity index (χ1v) is 5.79. The van der Waals surface area contributed by atoms with E-state index in [1.807, 2.05) is 30.3 Å². The van der Waals surface area contributed by atoms with Crippen LogP contribution in [0.2, 0.25) is 0 Å². The van der Waals surface area contributed by atoms with Crippen molar-refractivity contribution < 1.29 is 4.79 Å². The summed E-state index contributed by atoms with van der Waals surface area (Å²) in [7, 11) is 0. The number of nitrogens with zero attached hydrogens (tertiary/aromatic N) is 1. The number of pyridine rings is 1. The van der Waals surface area contributed by atoms with E-state index in [1.165, 1.54) is 0 Å². The molecule has 0 aliphatic rings. The van der Waals surface area contributed by atoms with Crippen molar-refractivity contribution in [3.8, 4) is 0 Å². The molecule has 0 saturated carbocycles. The van der Waals surface area contributed by atoms with E-state index < -0.39 is 0 Å². The van der Waals surface area contributed by atoms with E-state index in [9.17, 15) is 4.79 Å². The van der Waals surface area contributed by atoms with Crippen molar-refractivity contribution in [2.75, 3.05) is 11.1 Å². The Morgan fingerprint density at radius 1 is 1.22 bits per heavy atom. The molecule has 0 atom stereocenters. The van der Waals surface area contributed by atoms with Gasteiger partial charge in [0, 0.05) is 18.3 Å². The first-order chi connectivity index (χ1) is 8.75. The van der Waals surface area contributed by atoms with Crippen LogP contribution in [0.25, 0.3) is 0 Å². The minimum atomic E-state index is -0.0359. The molecular weight excluding hydrogens is 226 g/mol. The van der Waals surface area contributed by atoms with E-state index in [1.54, 1.807) is 18.5 Å². The lowest BCUT2D eigenvalue weighted by Crippen LogP contribution is -2.12. The van der Waals surface area contributed by atoms with Crippen LogP contribution >= 0.6 is 0 Å². The Morgan fingerprint density at radius 2 is 2.06 bits per heavy atom. The summed E-state index contributed by atoms with van der Waals surface area (Å²) >= 11 is 0. The number of aryl methyl sites for hydroxylation is 1. The monoisotopic (exact) mass is 241 g/mol. The number of amides is 1. The summed E-state index contributed by atoms with van der Waals surface area (Å²) < 4.78 is 0. The fraction of sp³-hybridized carbons (Fsp3) is 0.143. The van der Waals surface area contributed by atoms with Gasteiger partial charge in [-0.25, -0.2) is 0 Å². The Labute approximate surface area is 106 Å². The van der Waals surface area contributed by atoms with Gasteiger partial charge in [-0.3, -0.25) is 9.78 Å². The summed E-state index contributed by atoms with van der Waals surface area (Å²) in [5, 5.41) is 2.79. The molecule has 1 amide bonds. The molecule has 0 fully saturated rings. The predicted molar refractivity (Wildman–Crippen MR) is 72.0 cm³/mol. The molecule has 1 aromatic carbocycles. The van der Waals surface area contributed by atoms with Gasteiger partial charge in [0.2, 0.25) is 5.91 Å². The lowest BCUT2D eigenvalue weighted by molar-refractivity contribution is -0.116. The Balaban J connectivity index is 1.88. The van der Waals surface area contributed by atoms with Gasteiger partial charge < -0.3 is 11.1 Å². The summed E-state index contributed by atoms with van der Waals surface area (Å²) in [6.07, 6.45) is 4.33. The predicted octanol–water partition coefficient (Wildman–Crippen LogP) is 2.24. The van der Waals surface area contributed by atoms with E-state index >= 15 is 0 Å². The molecule has 0 bridgehead atoms. The van der Waals surface area contributed by atoms with Crippen LogP contribution in [0.3, 0.4) is 0 Å². The third-order valence-electron chi connectivity index (χ3n) is 2.62. The number of nitrogens with one attached hydrogen (secondary N) is 1. The zero-order valence-electron chi connectivity index (χ0n) is 9.97. The number of para-hydroxylation sites is 1. The Kier molecular flexibility index (Phi) is 3.91. The molecule has 2 aromatic rings. The Morgan fingerprint density at radius 3 is 2.78 bits per heavy atom. The SMILES string of the molecule is Nc1ccccc1CCC(=O)Nc1cccnc1. The number of carbonyl (C=O) groups excluding carboxylic acids is 1. The molecule has 0 unspecified atom stereocenters. The highest BCUT2D eigenvalue weighted by atomic mass is 16.1. The topological polar surface area (TPSA) is 68.0 Å². The van der Waals surface area contributed by atoms with Crippen LogP contribution in [0.1, 0.15) is 12.0 Å². The average molecular weight is 241 g/mol. The molecular formula is C14H15N3O. The second-order valence-electron chi connectivity index (χ2n) is 3.99. The first kappa shape index (κ1) is 12.1. The maximum atomic E-state index is 11.7. The molecule has 0 aliphatic heterocycles. The highest BCUT2D eigenvalue weighted by Crippen LogP contribution is 2.13. The number of hydrogen-bond acceptors (Lipinski definition) is 3. The van der Waals surface area contributed by atoms with Gasteiger partial charge in [-0.05, 0) is 30.2 Å². The van der Waals surface area contributed by atoms with Crippen molar-refractivity contribution in [1.29, 1.82) is 0 Å². The molecule has 3 N–H and O–H groups in total. The summed E-state index contributed by atoms with van der Waals surface area (Å²) in [6.45, 7) is 0. The number of nitrogen functional groups attached to an aromatic ring is 1. The molecule has 2 rings (SSSR count). The molecule has 92 valence electrons. The standard InChI is InChI=1S/C14H15N3O/c15-13-6-2-1-4-11(13)7-8-14(18)17-12-5-3-9-16-10-12/h1-6,9-10H,7-8,15H2,(H,17,18). The molecule has 1 aromatic heterocycles. The zero-order valence-corrected chi connectivity index (χ0v) is 9.97. The maximum absolute atomic E-state index is 11.7. The third kappa shape index (κ3) is 3.31. The third-order valence-corrected chi connectivity index (χ3v) is 2.62. The number of aromatic nitrogens is 1. The molecule has 4 nitrogen and oxygen atoms in total. The fourth-order valence-electron chi connectivity index (χ4n) is 1.67. The van der Waals surface area contributed by atoms with Crippen LogP contribution in [0, 0.1) is 0 Å². The minimum absolute atomic E-state index is 0.0359. The van der Waals surface area contributed by atoms with E-state index in [0.717, 1.165) is 11.3 Å². The van der Waals surface area contributed by atoms with Gasteiger partial charge in [0.1, 0.15) is 0 Å². The fourth-order valence-corrected chi connectivity index (χ4v) is 1.67. The summed E-state index contributed by atoms with van der Waals surface area (Å²) in [4.78, 5) is 15.7. The quantitative estimate of drug-likeness (QED) is 0.806.